The van der Waals surface area contributed by atoms with Crippen molar-refractivity contribution >= 4 is 17.9 Å². The van der Waals surface area contributed by atoms with Crippen molar-refractivity contribution in [2.45, 2.75) is 33.5 Å². The van der Waals surface area contributed by atoms with Gasteiger partial charge in [-0.3, -0.25) is 0 Å². The molecule has 0 aliphatic heterocycles. The topological polar surface area (TPSA) is 169 Å². The molecule has 0 saturated carbocycles. The molecule has 1 atom stereocenters. The number of phenols is 3. The largest absolute Gasteiger partial charge is 0.508 e. The van der Waals surface area contributed by atoms with Crippen molar-refractivity contribution in [3.8, 4) is 23.0 Å². The lowest BCUT2D eigenvalue weighted by Crippen LogP contribution is -2.08. The van der Waals surface area contributed by atoms with Crippen LogP contribution < -0.4 is 4.74 Å². The van der Waals surface area contributed by atoms with E-state index in [-0.39, 0.29) is 29.2 Å². The number of hydrogen-bond acceptors (Lipinski definition) is 11. The van der Waals surface area contributed by atoms with Gasteiger partial charge in [0.15, 0.2) is 6.29 Å². The summed E-state index contributed by atoms with van der Waals surface area (Å²) in [6.07, 6.45) is 0.0755. The monoisotopic (exact) mass is 636 g/mol. The molecule has 11 heteroatoms. The average Bonchev–Trinajstić information content (AvgIpc) is 3.05. The highest BCUT2D eigenvalue weighted by atomic mass is 16.6. The molecule has 0 aromatic heterocycles. The number of benzene rings is 4. The van der Waals surface area contributed by atoms with Gasteiger partial charge in [-0.15, -0.1) is 0 Å². The molecule has 0 radical (unpaired) electrons. The van der Waals surface area contributed by atoms with Crippen molar-refractivity contribution in [2.24, 2.45) is 0 Å². The van der Waals surface area contributed by atoms with Crippen molar-refractivity contribution in [3.05, 3.63) is 120 Å². The van der Waals surface area contributed by atoms with Crippen LogP contribution in [0.5, 0.6) is 23.0 Å². The van der Waals surface area contributed by atoms with Gasteiger partial charge < -0.3 is 39.4 Å². The normalized spacial score (nSPS) is 10.1. The highest BCUT2D eigenvalue weighted by molar-refractivity contribution is 5.90. The summed E-state index contributed by atoms with van der Waals surface area (Å²) in [6.45, 7) is 6.05. The molecule has 0 aliphatic rings. The SMILES string of the molecule is CC(O)Oc1ccccc1.CCCOC(=O)c1ccc(O)cc1.CCOC(=O)c1ccc(O)cc1.COC(=O)c1ccc(O)cc1. The van der Waals surface area contributed by atoms with E-state index in [1.54, 1.807) is 26.0 Å². The maximum Gasteiger partial charge on any atom is 0.338 e. The van der Waals surface area contributed by atoms with Crippen molar-refractivity contribution < 1.29 is 53.8 Å². The molecule has 1 unspecified atom stereocenters. The zero-order valence-electron chi connectivity index (χ0n) is 26.2. The molecule has 0 aliphatic carbocycles. The van der Waals surface area contributed by atoms with E-state index in [2.05, 4.69) is 4.74 Å². The summed E-state index contributed by atoms with van der Waals surface area (Å²) >= 11 is 0. The maximum absolute atomic E-state index is 11.2. The number of aliphatic hydroxyl groups is 1. The van der Waals surface area contributed by atoms with Gasteiger partial charge in [0.2, 0.25) is 0 Å². The number of aliphatic hydroxyl groups excluding tert-OH is 1. The minimum atomic E-state index is -0.734. The van der Waals surface area contributed by atoms with Gasteiger partial charge in [0.1, 0.15) is 23.0 Å². The molecule has 0 spiro atoms. The summed E-state index contributed by atoms with van der Waals surface area (Å²) in [5.74, 6) is 0.00888. The van der Waals surface area contributed by atoms with Crippen LogP contribution in [0.4, 0.5) is 0 Å². The predicted molar refractivity (Wildman–Crippen MR) is 171 cm³/mol. The van der Waals surface area contributed by atoms with Gasteiger partial charge >= 0.3 is 17.9 Å². The second-order valence-electron chi connectivity index (χ2n) is 9.02. The molecule has 46 heavy (non-hydrogen) atoms. The number of rotatable bonds is 8. The summed E-state index contributed by atoms with van der Waals surface area (Å²) in [6, 6.07) is 27.0. The van der Waals surface area contributed by atoms with Crippen molar-refractivity contribution in [1.29, 1.82) is 0 Å². The molecule has 246 valence electrons. The lowest BCUT2D eigenvalue weighted by atomic mass is 10.2. The number of hydrogen-bond donors (Lipinski definition) is 4. The molecule has 4 N–H and O–H groups in total. The predicted octanol–water partition coefficient (Wildman–Crippen LogP) is 6.11. The Morgan fingerprint density at radius 2 is 1.00 bits per heavy atom. The van der Waals surface area contributed by atoms with Gasteiger partial charge in [-0.25, -0.2) is 14.4 Å². The van der Waals surface area contributed by atoms with Crippen LogP contribution >= 0.6 is 0 Å². The molecule has 0 fully saturated rings. The second kappa shape index (κ2) is 22.0. The summed E-state index contributed by atoms with van der Waals surface area (Å²) in [4.78, 5) is 33.1. The molecule has 0 saturated heterocycles. The molecule has 4 aromatic carbocycles. The number of carbonyl (C=O) groups excluding carboxylic acids is 3. The van der Waals surface area contributed by atoms with Gasteiger partial charge in [0.25, 0.3) is 0 Å². The first-order chi connectivity index (χ1) is 22.0. The summed E-state index contributed by atoms with van der Waals surface area (Å²) in [5, 5.41) is 35.5. The second-order valence-corrected chi connectivity index (χ2v) is 9.02. The number of aromatic hydroxyl groups is 3. The van der Waals surface area contributed by atoms with Crippen LogP contribution in [-0.4, -0.2) is 64.9 Å². The number of phenolic OH excluding ortho intramolecular Hbond substituents is 3. The first kappa shape index (κ1) is 38.5. The highest BCUT2D eigenvalue weighted by Gasteiger charge is 2.06. The Morgan fingerprint density at radius 3 is 1.35 bits per heavy atom. The van der Waals surface area contributed by atoms with Crippen molar-refractivity contribution in [1.82, 2.24) is 0 Å². The third-order valence-corrected chi connectivity index (χ3v) is 5.26. The maximum atomic E-state index is 11.2. The van der Waals surface area contributed by atoms with Gasteiger partial charge in [-0.2, -0.15) is 0 Å². The Balaban J connectivity index is 0.000000308. The van der Waals surface area contributed by atoms with E-state index in [0.717, 1.165) is 6.42 Å². The third kappa shape index (κ3) is 16.3. The van der Waals surface area contributed by atoms with Crippen LogP contribution in [-0.2, 0) is 14.2 Å². The van der Waals surface area contributed by atoms with E-state index in [0.29, 0.717) is 35.7 Å². The summed E-state index contributed by atoms with van der Waals surface area (Å²) in [7, 11) is 1.31. The van der Waals surface area contributed by atoms with Gasteiger partial charge in [-0.05, 0) is 105 Å². The highest BCUT2D eigenvalue weighted by Crippen LogP contribution is 2.12. The van der Waals surface area contributed by atoms with E-state index in [4.69, 9.17) is 34.6 Å². The molecule has 0 heterocycles. The molecular formula is C35H40O11. The van der Waals surface area contributed by atoms with Crippen LogP contribution in [0.1, 0.15) is 58.3 Å². The Labute approximate surface area is 268 Å². The smallest absolute Gasteiger partial charge is 0.338 e. The van der Waals surface area contributed by atoms with Crippen molar-refractivity contribution in [2.75, 3.05) is 20.3 Å². The molecule has 4 aromatic rings. The summed E-state index contributed by atoms with van der Waals surface area (Å²) < 4.78 is 19.1. The molecule has 0 bridgehead atoms. The number of ether oxygens (including phenoxy) is 4. The molecule has 4 rings (SSSR count). The van der Waals surface area contributed by atoms with Crippen LogP contribution in [0.3, 0.4) is 0 Å². The van der Waals surface area contributed by atoms with E-state index in [1.807, 2.05) is 25.1 Å². The Hall–Kier alpha value is -5.55. The van der Waals surface area contributed by atoms with E-state index in [9.17, 15) is 14.4 Å². The minimum absolute atomic E-state index is 0.137. The van der Waals surface area contributed by atoms with Gasteiger partial charge in [0, 0.05) is 0 Å². The number of esters is 3. The zero-order valence-corrected chi connectivity index (χ0v) is 26.2. The van der Waals surface area contributed by atoms with E-state index < -0.39 is 12.3 Å². The standard InChI is InChI=1S/C10H12O3.C9H10O3.C8H8O3.C8H10O2/c1-2-7-13-10(12)8-3-5-9(11)6-4-8;1-2-12-9(11)7-3-5-8(10)6-4-7;1-11-8(10)6-2-4-7(9)5-3-6;1-7(9)10-8-5-3-2-4-6-8/h3-6,11H,2,7H2,1H3;3-6,10H,2H2,1H3;2-5,9H,1H3;2-7,9H,1H3. The zero-order chi connectivity index (χ0) is 34.3. The quantitative estimate of drug-likeness (QED) is 0.1000. The number of carbonyl (C=O) groups is 3. The Morgan fingerprint density at radius 1 is 0.609 bits per heavy atom. The van der Waals surface area contributed by atoms with Crippen LogP contribution in [0, 0.1) is 0 Å². The first-order valence-corrected chi connectivity index (χ1v) is 14.2. The lowest BCUT2D eigenvalue weighted by Gasteiger charge is -2.06. The summed E-state index contributed by atoms with van der Waals surface area (Å²) in [5.41, 5.74) is 1.35. The first-order valence-electron chi connectivity index (χ1n) is 14.2. The number of para-hydroxylation sites is 1. The van der Waals surface area contributed by atoms with E-state index in [1.165, 1.54) is 79.9 Å². The molecule has 11 nitrogen and oxygen atoms in total. The van der Waals surface area contributed by atoms with Crippen LogP contribution in [0.15, 0.2) is 103 Å². The Bertz CT molecular complexity index is 1420. The van der Waals surface area contributed by atoms with Crippen LogP contribution in [0.2, 0.25) is 0 Å². The van der Waals surface area contributed by atoms with Gasteiger partial charge in [-0.1, -0.05) is 25.1 Å². The third-order valence-electron chi connectivity index (χ3n) is 5.26. The molecular weight excluding hydrogens is 596 g/mol. The Kier molecular flexibility index (Phi) is 18.4. The van der Waals surface area contributed by atoms with E-state index >= 15 is 0 Å². The fraction of sp³-hybridized carbons (Fsp3) is 0.229. The fourth-order valence-corrected chi connectivity index (χ4v) is 3.10. The van der Waals surface area contributed by atoms with Crippen LogP contribution in [0.25, 0.3) is 0 Å². The lowest BCUT2D eigenvalue weighted by molar-refractivity contribution is -0.000321. The number of methoxy groups -OCH3 is 1. The fourth-order valence-electron chi connectivity index (χ4n) is 3.10. The molecule has 0 amide bonds. The van der Waals surface area contributed by atoms with Crippen molar-refractivity contribution in [3.63, 3.8) is 0 Å². The van der Waals surface area contributed by atoms with Gasteiger partial charge in [0.05, 0.1) is 37.0 Å². The minimum Gasteiger partial charge on any atom is -0.508 e. The average molecular weight is 637 g/mol.